The van der Waals surface area contributed by atoms with E-state index in [4.69, 9.17) is 0 Å². The molecule has 0 N–H and O–H groups in total. The maximum absolute atomic E-state index is 11.5. The molecule has 1 rings (SSSR count). The zero-order chi connectivity index (χ0) is 10.6. The third-order valence-corrected chi connectivity index (χ3v) is 2.51. The number of nitrogens with zero attached hydrogens (tertiary/aromatic N) is 1. The van der Waals surface area contributed by atoms with Crippen LogP contribution in [0.2, 0.25) is 0 Å². The summed E-state index contributed by atoms with van der Waals surface area (Å²) in [6.07, 6.45) is 3.09. The highest BCUT2D eigenvalue weighted by atomic mass is 16.5. The Balaban J connectivity index is 2.53. The van der Waals surface area contributed by atoms with Crippen molar-refractivity contribution in [2.24, 2.45) is 0 Å². The van der Waals surface area contributed by atoms with Crippen molar-refractivity contribution in [3.05, 3.63) is 0 Å². The third-order valence-electron chi connectivity index (χ3n) is 2.51. The fourth-order valence-electron chi connectivity index (χ4n) is 1.71. The lowest BCUT2D eigenvalue weighted by molar-refractivity contribution is -0.161. The molecule has 0 saturated carbocycles. The van der Waals surface area contributed by atoms with E-state index in [1.54, 1.807) is 11.8 Å². The van der Waals surface area contributed by atoms with Crippen LogP contribution in [-0.4, -0.2) is 36.0 Å². The van der Waals surface area contributed by atoms with Crippen LogP contribution in [0.5, 0.6) is 0 Å². The minimum absolute atomic E-state index is 0.167. The average molecular weight is 199 g/mol. The summed E-state index contributed by atoms with van der Waals surface area (Å²) in [7, 11) is 0. The number of likely N-dealkylation sites (tertiary alicyclic amines) is 1. The number of ether oxygens (including phenoxy) is 1. The molecule has 1 amide bonds. The van der Waals surface area contributed by atoms with Crippen LogP contribution < -0.4 is 0 Å². The van der Waals surface area contributed by atoms with Crippen molar-refractivity contribution in [2.75, 3.05) is 13.2 Å². The van der Waals surface area contributed by atoms with Crippen LogP contribution in [0.1, 0.15) is 33.1 Å². The van der Waals surface area contributed by atoms with Gasteiger partial charge < -0.3 is 9.64 Å². The van der Waals surface area contributed by atoms with Crippen molar-refractivity contribution in [2.45, 2.75) is 39.2 Å². The molecule has 0 aromatic carbocycles. The van der Waals surface area contributed by atoms with Crippen molar-refractivity contribution in [3.63, 3.8) is 0 Å². The van der Waals surface area contributed by atoms with Gasteiger partial charge in [0.2, 0.25) is 0 Å². The summed E-state index contributed by atoms with van der Waals surface area (Å²) in [5, 5.41) is 0. The lowest BCUT2D eigenvalue weighted by Gasteiger charge is -2.32. The second-order valence-electron chi connectivity index (χ2n) is 3.56. The molecular weight excluding hydrogens is 182 g/mol. The monoisotopic (exact) mass is 199 g/mol. The van der Waals surface area contributed by atoms with E-state index in [-0.39, 0.29) is 12.6 Å². The van der Waals surface area contributed by atoms with Crippen LogP contribution in [-0.2, 0) is 14.3 Å². The SMILES string of the molecule is CCOC(=O)C(=O)N1CCCC[C@H]1C. The lowest BCUT2D eigenvalue weighted by atomic mass is 10.0. The summed E-state index contributed by atoms with van der Waals surface area (Å²) in [5.41, 5.74) is 0. The van der Waals surface area contributed by atoms with Gasteiger partial charge in [-0.3, -0.25) is 4.79 Å². The van der Waals surface area contributed by atoms with Gasteiger partial charge in [0.25, 0.3) is 0 Å². The van der Waals surface area contributed by atoms with Crippen LogP contribution in [0.25, 0.3) is 0 Å². The molecule has 1 aliphatic heterocycles. The summed E-state index contributed by atoms with van der Waals surface area (Å²) < 4.78 is 4.68. The number of hydrogen-bond donors (Lipinski definition) is 0. The highest BCUT2D eigenvalue weighted by Gasteiger charge is 2.28. The molecule has 1 aliphatic rings. The van der Waals surface area contributed by atoms with Gasteiger partial charge in [0.05, 0.1) is 6.61 Å². The Labute approximate surface area is 84.2 Å². The zero-order valence-electron chi connectivity index (χ0n) is 8.78. The van der Waals surface area contributed by atoms with Gasteiger partial charge >= 0.3 is 11.9 Å². The topological polar surface area (TPSA) is 46.6 Å². The summed E-state index contributed by atoms with van der Waals surface area (Å²) >= 11 is 0. The molecule has 14 heavy (non-hydrogen) atoms. The molecule has 4 heteroatoms. The van der Waals surface area contributed by atoms with Gasteiger partial charge in [0, 0.05) is 12.6 Å². The Hall–Kier alpha value is -1.06. The fraction of sp³-hybridized carbons (Fsp3) is 0.800. The molecule has 1 heterocycles. The van der Waals surface area contributed by atoms with Gasteiger partial charge in [-0.1, -0.05) is 0 Å². The van der Waals surface area contributed by atoms with E-state index in [1.165, 1.54) is 0 Å². The molecule has 0 aromatic rings. The molecular formula is C10H17NO3. The molecule has 1 atom stereocenters. The van der Waals surface area contributed by atoms with Crippen LogP contribution in [0.15, 0.2) is 0 Å². The first-order valence-electron chi connectivity index (χ1n) is 5.14. The Morgan fingerprint density at radius 1 is 1.43 bits per heavy atom. The van der Waals surface area contributed by atoms with E-state index < -0.39 is 11.9 Å². The van der Waals surface area contributed by atoms with E-state index in [0.717, 1.165) is 19.3 Å². The predicted molar refractivity (Wildman–Crippen MR) is 51.7 cm³/mol. The molecule has 4 nitrogen and oxygen atoms in total. The van der Waals surface area contributed by atoms with Gasteiger partial charge in [-0.05, 0) is 33.1 Å². The summed E-state index contributed by atoms with van der Waals surface area (Å²) in [4.78, 5) is 24.3. The maximum atomic E-state index is 11.5. The standard InChI is InChI=1S/C10H17NO3/c1-3-14-10(13)9(12)11-7-5-4-6-8(11)2/h8H,3-7H2,1-2H3/t8-/m1/s1. The number of esters is 1. The Morgan fingerprint density at radius 3 is 2.71 bits per heavy atom. The van der Waals surface area contributed by atoms with Crippen LogP contribution in [0.3, 0.4) is 0 Å². The van der Waals surface area contributed by atoms with Crippen LogP contribution in [0.4, 0.5) is 0 Å². The van der Waals surface area contributed by atoms with Crippen molar-refractivity contribution < 1.29 is 14.3 Å². The molecule has 0 unspecified atom stereocenters. The quantitative estimate of drug-likeness (QED) is 0.466. The largest absolute Gasteiger partial charge is 0.459 e. The fourth-order valence-corrected chi connectivity index (χ4v) is 1.71. The minimum atomic E-state index is -0.721. The average Bonchev–Trinajstić information content (AvgIpc) is 2.18. The first kappa shape index (κ1) is 11.0. The second kappa shape index (κ2) is 4.98. The van der Waals surface area contributed by atoms with Crippen molar-refractivity contribution in [1.29, 1.82) is 0 Å². The van der Waals surface area contributed by atoms with Crippen molar-refractivity contribution in [1.82, 2.24) is 4.90 Å². The van der Waals surface area contributed by atoms with Crippen molar-refractivity contribution in [3.8, 4) is 0 Å². The molecule has 0 bridgehead atoms. The normalized spacial score (nSPS) is 21.9. The Morgan fingerprint density at radius 2 is 2.14 bits per heavy atom. The molecule has 1 fully saturated rings. The van der Waals surface area contributed by atoms with Gasteiger partial charge in [0.15, 0.2) is 0 Å². The van der Waals surface area contributed by atoms with E-state index in [9.17, 15) is 9.59 Å². The molecule has 0 aliphatic carbocycles. The van der Waals surface area contributed by atoms with Crippen LogP contribution >= 0.6 is 0 Å². The number of rotatable bonds is 1. The molecule has 0 radical (unpaired) electrons. The van der Waals surface area contributed by atoms with Gasteiger partial charge in [0.1, 0.15) is 0 Å². The summed E-state index contributed by atoms with van der Waals surface area (Å²) in [5.74, 6) is -1.21. The maximum Gasteiger partial charge on any atom is 0.397 e. The highest BCUT2D eigenvalue weighted by molar-refractivity contribution is 6.32. The number of piperidine rings is 1. The van der Waals surface area contributed by atoms with Gasteiger partial charge in [-0.15, -0.1) is 0 Å². The second-order valence-corrected chi connectivity index (χ2v) is 3.56. The van der Waals surface area contributed by atoms with Crippen molar-refractivity contribution >= 4 is 11.9 Å². The molecule has 1 saturated heterocycles. The third kappa shape index (κ3) is 2.47. The molecule has 0 aromatic heterocycles. The smallest absolute Gasteiger partial charge is 0.397 e. The van der Waals surface area contributed by atoms with Crippen LogP contribution in [0, 0.1) is 0 Å². The van der Waals surface area contributed by atoms with E-state index in [1.807, 2.05) is 6.92 Å². The van der Waals surface area contributed by atoms with Gasteiger partial charge in [-0.25, -0.2) is 4.79 Å². The number of amides is 1. The first-order chi connectivity index (χ1) is 6.66. The first-order valence-corrected chi connectivity index (χ1v) is 5.14. The highest BCUT2D eigenvalue weighted by Crippen LogP contribution is 2.16. The summed E-state index contributed by atoms with van der Waals surface area (Å²) in [6.45, 7) is 4.60. The number of carbonyl (C=O) groups excluding carboxylic acids is 2. The summed E-state index contributed by atoms with van der Waals surface area (Å²) in [6, 6.07) is 0.167. The number of carbonyl (C=O) groups is 2. The van der Waals surface area contributed by atoms with E-state index >= 15 is 0 Å². The number of hydrogen-bond acceptors (Lipinski definition) is 3. The lowest BCUT2D eigenvalue weighted by Crippen LogP contribution is -2.45. The van der Waals surface area contributed by atoms with E-state index in [2.05, 4.69) is 4.74 Å². The predicted octanol–water partition coefficient (Wildman–Crippen LogP) is 0.950. The van der Waals surface area contributed by atoms with Gasteiger partial charge in [-0.2, -0.15) is 0 Å². The Bertz CT molecular complexity index is 227. The Kier molecular flexibility index (Phi) is 3.92. The zero-order valence-corrected chi connectivity index (χ0v) is 8.78. The molecule has 80 valence electrons. The molecule has 0 spiro atoms. The minimum Gasteiger partial charge on any atom is -0.459 e. The van der Waals surface area contributed by atoms with E-state index in [0.29, 0.717) is 6.54 Å².